The van der Waals surface area contributed by atoms with Gasteiger partial charge in [0.15, 0.2) is 11.5 Å². The van der Waals surface area contributed by atoms with Gasteiger partial charge in [-0.1, -0.05) is 0 Å². The quantitative estimate of drug-likeness (QED) is 0.297. The van der Waals surface area contributed by atoms with E-state index >= 15 is 0 Å². The molecule has 0 aliphatic carbocycles. The number of ether oxygens (including phenoxy) is 1. The molecule has 1 aliphatic heterocycles. The molecule has 192 valence electrons. The molecule has 4 heterocycles. The van der Waals surface area contributed by atoms with Crippen LogP contribution in [0.1, 0.15) is 22.3 Å². The molecule has 0 radical (unpaired) electrons. The van der Waals surface area contributed by atoms with Gasteiger partial charge >= 0.3 is 6.18 Å². The topological polar surface area (TPSA) is 106 Å². The molecule has 4 aromatic rings. The van der Waals surface area contributed by atoms with Gasteiger partial charge in [0, 0.05) is 45.3 Å². The fourth-order valence-corrected chi connectivity index (χ4v) is 4.57. The molecule has 1 aromatic carbocycles. The fourth-order valence-electron chi connectivity index (χ4n) is 3.99. The van der Waals surface area contributed by atoms with Crippen LogP contribution in [-0.2, 0) is 6.18 Å². The number of amides is 1. The van der Waals surface area contributed by atoms with E-state index in [2.05, 4.69) is 25.9 Å². The highest BCUT2D eigenvalue weighted by molar-refractivity contribution is 7.35. The number of rotatable bonds is 7. The van der Waals surface area contributed by atoms with Gasteiger partial charge in [0.1, 0.15) is 22.7 Å². The Morgan fingerprint density at radius 2 is 1.95 bits per heavy atom. The number of aromatic nitrogens is 4. The van der Waals surface area contributed by atoms with Gasteiger partial charge in [-0.2, -0.15) is 13.2 Å². The Labute approximate surface area is 211 Å². The third kappa shape index (κ3) is 5.50. The summed E-state index contributed by atoms with van der Waals surface area (Å²) in [7, 11) is 0.381. The van der Waals surface area contributed by atoms with Crippen LogP contribution >= 0.6 is 8.73 Å². The van der Waals surface area contributed by atoms with E-state index in [1.165, 1.54) is 12.1 Å². The molecule has 0 spiro atoms. The van der Waals surface area contributed by atoms with Crippen LogP contribution in [0.2, 0.25) is 0 Å². The number of pyridine rings is 2. The lowest BCUT2D eigenvalue weighted by atomic mass is 10.2. The number of nitrogens with zero attached hydrogens (tertiary/aromatic N) is 4. The molecule has 3 N–H and O–H groups in total. The van der Waals surface area contributed by atoms with Crippen molar-refractivity contribution in [3.05, 3.63) is 66.0 Å². The predicted octanol–water partition coefficient (Wildman–Crippen LogP) is 4.73. The van der Waals surface area contributed by atoms with Gasteiger partial charge in [-0.3, -0.25) is 4.79 Å². The molecule has 0 bridgehead atoms. The summed E-state index contributed by atoms with van der Waals surface area (Å²) in [5.41, 5.74) is 0.0501. The van der Waals surface area contributed by atoms with Crippen LogP contribution in [0, 0.1) is 0 Å². The van der Waals surface area contributed by atoms with Crippen molar-refractivity contribution < 1.29 is 22.7 Å². The van der Waals surface area contributed by atoms with Crippen LogP contribution in [0.15, 0.2) is 54.9 Å². The molecule has 37 heavy (non-hydrogen) atoms. The number of carbonyl (C=O) groups is 1. The molecule has 1 fully saturated rings. The summed E-state index contributed by atoms with van der Waals surface area (Å²) in [6, 6.07) is 9.91. The van der Waals surface area contributed by atoms with Gasteiger partial charge in [-0.25, -0.2) is 14.4 Å². The van der Waals surface area contributed by atoms with Crippen molar-refractivity contribution in [2.75, 3.05) is 30.4 Å². The number of anilines is 2. The van der Waals surface area contributed by atoms with Crippen molar-refractivity contribution in [2.45, 2.75) is 18.6 Å². The van der Waals surface area contributed by atoms with Crippen LogP contribution in [0.3, 0.4) is 0 Å². The Hall–Kier alpha value is -3.76. The minimum atomic E-state index is -4.53. The first-order valence-electron chi connectivity index (χ1n) is 11.5. The summed E-state index contributed by atoms with van der Waals surface area (Å²) in [4.78, 5) is 20.8. The lowest BCUT2D eigenvalue weighted by Crippen LogP contribution is -2.22. The maximum absolute atomic E-state index is 12.9. The van der Waals surface area contributed by atoms with E-state index in [1.54, 1.807) is 24.4 Å². The second-order valence-electron chi connectivity index (χ2n) is 8.33. The van der Waals surface area contributed by atoms with E-state index in [9.17, 15) is 18.0 Å². The number of hydrogen-bond donors (Lipinski definition) is 3. The average Bonchev–Trinajstić information content (AvgIpc) is 3.53. The normalized spacial score (nSPS) is 15.9. The minimum Gasteiger partial charge on any atom is -0.456 e. The van der Waals surface area contributed by atoms with E-state index in [1.807, 2.05) is 11.1 Å². The van der Waals surface area contributed by atoms with Gasteiger partial charge in [-0.05, 0) is 56.0 Å². The van der Waals surface area contributed by atoms with Crippen LogP contribution in [-0.4, -0.2) is 51.2 Å². The summed E-state index contributed by atoms with van der Waals surface area (Å²) < 4.78 is 46.8. The number of hydrogen-bond acceptors (Lipinski definition) is 7. The third-order valence-corrected chi connectivity index (χ3v) is 6.55. The highest BCUT2D eigenvalue weighted by Crippen LogP contribution is 2.36. The molecule has 1 saturated heterocycles. The van der Waals surface area contributed by atoms with Gasteiger partial charge < -0.3 is 20.7 Å². The van der Waals surface area contributed by atoms with Crippen LogP contribution in [0.5, 0.6) is 11.5 Å². The monoisotopic (exact) mass is 529 g/mol. The Bertz CT molecular complexity index is 1420. The maximum Gasteiger partial charge on any atom is 0.416 e. The van der Waals surface area contributed by atoms with Crippen molar-refractivity contribution >= 4 is 37.3 Å². The molecule has 1 unspecified atom stereocenters. The number of fused-ring (bicyclic) bond motifs is 1. The van der Waals surface area contributed by atoms with E-state index in [-0.39, 0.29) is 17.4 Å². The molecule has 13 heteroatoms. The molecule has 5 rings (SSSR count). The first-order valence-corrected chi connectivity index (χ1v) is 12.9. The molecular weight excluding hydrogens is 506 g/mol. The van der Waals surface area contributed by atoms with Crippen molar-refractivity contribution in [2.24, 2.45) is 0 Å². The summed E-state index contributed by atoms with van der Waals surface area (Å²) in [6.07, 6.45) is -0.894. The van der Waals surface area contributed by atoms with Gasteiger partial charge in [0.2, 0.25) is 0 Å². The molecular formula is C24H23F3N7O2P. The standard InChI is InChI=1S/C24H23F3N7O2P/c1-37-34-22-20(21(33-34)31-16-7-9-28-13-16)18(8-11-30-22)36-17-4-2-14(3-5-17)23(35)32-19-12-15(6-10-29-19)24(25,26)27/h2-6,8,10-12,16,28,37H,7,9,13H2,1H3,(H,31,33)(H,29,32,35)/t16-/m1/s1. The van der Waals surface area contributed by atoms with Crippen LogP contribution < -0.4 is 20.7 Å². The first kappa shape index (κ1) is 24.9. The molecule has 1 aliphatic rings. The lowest BCUT2D eigenvalue weighted by Gasteiger charge is -2.12. The van der Waals surface area contributed by atoms with E-state index in [4.69, 9.17) is 9.84 Å². The molecule has 3 aromatic heterocycles. The maximum atomic E-state index is 12.9. The summed E-state index contributed by atoms with van der Waals surface area (Å²) in [5.74, 6) is 0.956. The second kappa shape index (κ2) is 10.3. The molecule has 9 nitrogen and oxygen atoms in total. The zero-order valence-electron chi connectivity index (χ0n) is 19.6. The molecule has 0 saturated carbocycles. The zero-order valence-corrected chi connectivity index (χ0v) is 20.6. The number of alkyl halides is 3. The Kier molecular flexibility index (Phi) is 6.94. The third-order valence-electron chi connectivity index (χ3n) is 5.82. The van der Waals surface area contributed by atoms with Gasteiger partial charge in [0.25, 0.3) is 5.91 Å². The van der Waals surface area contributed by atoms with Crippen molar-refractivity contribution in [1.82, 2.24) is 24.8 Å². The van der Waals surface area contributed by atoms with Gasteiger partial charge in [-0.15, -0.1) is 5.10 Å². The molecule has 1 amide bonds. The zero-order chi connectivity index (χ0) is 26.0. The highest BCUT2D eigenvalue weighted by Gasteiger charge is 2.31. The smallest absolute Gasteiger partial charge is 0.416 e. The Morgan fingerprint density at radius 1 is 1.16 bits per heavy atom. The fraction of sp³-hybridized carbons (Fsp3) is 0.250. The summed E-state index contributed by atoms with van der Waals surface area (Å²) >= 11 is 0. The summed E-state index contributed by atoms with van der Waals surface area (Å²) in [6.45, 7) is 3.80. The van der Waals surface area contributed by atoms with Crippen molar-refractivity contribution in [1.29, 1.82) is 0 Å². The number of nitrogens with one attached hydrogen (secondary N) is 3. The van der Waals surface area contributed by atoms with Crippen molar-refractivity contribution in [3.8, 4) is 11.5 Å². The SMILES string of the molecule is CPn1nc(N[C@@H]2CCNC2)c2c(Oc3ccc(C(=O)Nc4cc(C(F)(F)F)ccn4)cc3)ccnc21. The molecule has 2 atom stereocenters. The Balaban J connectivity index is 1.34. The predicted molar refractivity (Wildman–Crippen MR) is 136 cm³/mol. The average molecular weight is 529 g/mol. The Morgan fingerprint density at radius 3 is 2.65 bits per heavy atom. The highest BCUT2D eigenvalue weighted by atomic mass is 31.1. The number of halogens is 3. The summed E-state index contributed by atoms with van der Waals surface area (Å²) in [5, 5.41) is 14.7. The lowest BCUT2D eigenvalue weighted by molar-refractivity contribution is -0.137. The van der Waals surface area contributed by atoms with Crippen LogP contribution in [0.4, 0.5) is 24.8 Å². The second-order valence-corrected chi connectivity index (χ2v) is 9.20. The number of carbonyl (C=O) groups excluding carboxylic acids is 1. The van der Waals surface area contributed by atoms with E-state index in [0.717, 1.165) is 43.2 Å². The minimum absolute atomic E-state index is 0.189. The van der Waals surface area contributed by atoms with E-state index in [0.29, 0.717) is 31.7 Å². The van der Waals surface area contributed by atoms with Crippen molar-refractivity contribution in [3.63, 3.8) is 0 Å². The van der Waals surface area contributed by atoms with Crippen LogP contribution in [0.25, 0.3) is 11.0 Å². The number of benzene rings is 1. The first-order chi connectivity index (χ1) is 17.8. The van der Waals surface area contributed by atoms with E-state index < -0.39 is 17.6 Å². The largest absolute Gasteiger partial charge is 0.456 e. The van der Waals surface area contributed by atoms with Gasteiger partial charge in [0.05, 0.1) is 5.56 Å².